The number of likely N-dealkylation sites (tertiary alicyclic amines) is 1. The average Bonchev–Trinajstić information content (AvgIpc) is 3.45. The zero-order valence-electron chi connectivity index (χ0n) is 17.0. The quantitative estimate of drug-likeness (QED) is 0.873. The van der Waals surface area contributed by atoms with Crippen molar-refractivity contribution in [3.05, 3.63) is 53.1 Å². The van der Waals surface area contributed by atoms with E-state index in [4.69, 9.17) is 0 Å². The number of piperidine rings is 1. The summed E-state index contributed by atoms with van der Waals surface area (Å²) < 4.78 is 0. The van der Waals surface area contributed by atoms with Gasteiger partial charge in [0, 0.05) is 37.7 Å². The van der Waals surface area contributed by atoms with Gasteiger partial charge in [-0.15, -0.1) is 0 Å². The first kappa shape index (κ1) is 18.4. The molecule has 0 bridgehead atoms. The lowest BCUT2D eigenvalue weighted by atomic mass is 9.78. The van der Waals surface area contributed by atoms with E-state index in [1.54, 1.807) is 6.33 Å². The van der Waals surface area contributed by atoms with Crippen molar-refractivity contribution < 1.29 is 9.59 Å². The maximum absolute atomic E-state index is 13.1. The van der Waals surface area contributed by atoms with Gasteiger partial charge in [-0.1, -0.05) is 29.8 Å². The summed E-state index contributed by atoms with van der Waals surface area (Å²) in [6.07, 6.45) is 6.59. The summed E-state index contributed by atoms with van der Waals surface area (Å²) in [7, 11) is 0. The van der Waals surface area contributed by atoms with Crippen LogP contribution in [0.5, 0.6) is 0 Å². The van der Waals surface area contributed by atoms with Crippen LogP contribution < -0.4 is 0 Å². The summed E-state index contributed by atoms with van der Waals surface area (Å²) in [6.45, 7) is 4.15. The van der Waals surface area contributed by atoms with Gasteiger partial charge in [-0.2, -0.15) is 0 Å². The fourth-order valence-corrected chi connectivity index (χ4v) is 5.09. The zero-order chi connectivity index (χ0) is 20.0. The normalized spacial score (nSPS) is 20.6. The molecule has 2 aromatic rings. The highest BCUT2D eigenvalue weighted by Crippen LogP contribution is 2.45. The Bertz CT molecular complexity index is 938. The molecule has 0 radical (unpaired) electrons. The highest BCUT2D eigenvalue weighted by Gasteiger charge is 2.51. The second-order valence-electron chi connectivity index (χ2n) is 8.82. The number of carbonyl (C=O) groups excluding carboxylic acids is 2. The number of rotatable bonds is 3. The van der Waals surface area contributed by atoms with Gasteiger partial charge in [-0.05, 0) is 38.2 Å². The maximum atomic E-state index is 13.1. The van der Waals surface area contributed by atoms with Crippen LogP contribution in [-0.4, -0.2) is 51.2 Å². The van der Waals surface area contributed by atoms with E-state index in [0.717, 1.165) is 55.6 Å². The van der Waals surface area contributed by atoms with Crippen LogP contribution in [0.2, 0.25) is 0 Å². The summed E-state index contributed by atoms with van der Waals surface area (Å²) in [4.78, 5) is 38.0. The van der Waals surface area contributed by atoms with Crippen LogP contribution in [0.3, 0.4) is 0 Å². The molecule has 2 fully saturated rings. The van der Waals surface area contributed by atoms with Gasteiger partial charge < -0.3 is 14.8 Å². The Morgan fingerprint density at radius 1 is 1.21 bits per heavy atom. The predicted octanol–water partition coefficient (Wildman–Crippen LogP) is 2.57. The Balaban J connectivity index is 1.34. The first-order valence-corrected chi connectivity index (χ1v) is 10.7. The van der Waals surface area contributed by atoms with Crippen LogP contribution in [0.4, 0.5) is 0 Å². The SMILES string of the molecule is Cc1cccc(CC(=O)N2CCC3(CC2)c2nc[nH]c2CCN3C(=O)C2CC2)c1. The van der Waals surface area contributed by atoms with E-state index in [2.05, 4.69) is 33.9 Å². The molecule has 0 unspecified atom stereocenters. The van der Waals surface area contributed by atoms with Gasteiger partial charge in [0.05, 0.1) is 24.0 Å². The second-order valence-corrected chi connectivity index (χ2v) is 8.82. The number of benzene rings is 1. The fourth-order valence-electron chi connectivity index (χ4n) is 5.09. The monoisotopic (exact) mass is 392 g/mol. The molecule has 2 amide bonds. The first-order chi connectivity index (χ1) is 14.1. The van der Waals surface area contributed by atoms with Crippen LogP contribution in [0, 0.1) is 12.8 Å². The third-order valence-electron chi connectivity index (χ3n) is 6.83. The molecule has 5 rings (SSSR count). The second kappa shape index (κ2) is 7.01. The minimum absolute atomic E-state index is 0.170. The minimum atomic E-state index is -0.354. The van der Waals surface area contributed by atoms with Crippen LogP contribution in [-0.2, 0) is 28.0 Å². The predicted molar refractivity (Wildman–Crippen MR) is 109 cm³/mol. The lowest BCUT2D eigenvalue weighted by Gasteiger charge is -2.50. The Hall–Kier alpha value is -2.63. The van der Waals surface area contributed by atoms with Crippen LogP contribution >= 0.6 is 0 Å². The molecule has 3 aliphatic rings. The molecule has 1 saturated carbocycles. The van der Waals surface area contributed by atoms with Gasteiger partial charge in [0.25, 0.3) is 0 Å². The lowest BCUT2D eigenvalue weighted by Crippen LogP contribution is -2.59. The standard InChI is InChI=1S/C23H28N4O2/c1-16-3-2-4-17(13-16)14-20(28)26-11-8-23(9-12-26)21-19(24-15-25-21)7-10-27(23)22(29)18-5-6-18/h2-4,13,15,18H,5-12,14H2,1H3,(H,24,25). The highest BCUT2D eigenvalue weighted by molar-refractivity contribution is 5.82. The number of amides is 2. The zero-order valence-corrected chi connectivity index (χ0v) is 17.0. The summed E-state index contributed by atoms with van der Waals surface area (Å²) in [5, 5.41) is 0. The van der Waals surface area contributed by atoms with Crippen molar-refractivity contribution >= 4 is 11.8 Å². The van der Waals surface area contributed by atoms with E-state index in [9.17, 15) is 9.59 Å². The number of carbonyl (C=O) groups is 2. The van der Waals surface area contributed by atoms with Gasteiger partial charge in [-0.25, -0.2) is 4.98 Å². The number of hydrogen-bond acceptors (Lipinski definition) is 3. The number of nitrogens with zero attached hydrogens (tertiary/aromatic N) is 3. The Labute approximate surface area is 171 Å². The molecule has 2 aliphatic heterocycles. The van der Waals surface area contributed by atoms with E-state index in [-0.39, 0.29) is 23.3 Å². The molecule has 6 heteroatoms. The third-order valence-corrected chi connectivity index (χ3v) is 6.83. The number of aryl methyl sites for hydroxylation is 1. The summed E-state index contributed by atoms with van der Waals surface area (Å²) in [5.41, 5.74) is 4.07. The van der Waals surface area contributed by atoms with Crippen molar-refractivity contribution in [3.8, 4) is 0 Å². The fraction of sp³-hybridized carbons (Fsp3) is 0.522. The summed E-state index contributed by atoms with van der Waals surface area (Å²) in [6, 6.07) is 8.15. The van der Waals surface area contributed by atoms with Gasteiger partial charge >= 0.3 is 0 Å². The van der Waals surface area contributed by atoms with Crippen LogP contribution in [0.25, 0.3) is 0 Å². The number of H-pyrrole nitrogens is 1. The number of nitrogens with one attached hydrogen (secondary N) is 1. The number of aromatic amines is 1. The Morgan fingerprint density at radius 2 is 2.00 bits per heavy atom. The van der Waals surface area contributed by atoms with Gasteiger partial charge in [0.15, 0.2) is 0 Å². The lowest BCUT2D eigenvalue weighted by molar-refractivity contribution is -0.145. The summed E-state index contributed by atoms with van der Waals surface area (Å²) >= 11 is 0. The Kier molecular flexibility index (Phi) is 4.45. The molecule has 1 spiro atoms. The van der Waals surface area contributed by atoms with E-state index in [1.165, 1.54) is 5.56 Å². The molecule has 6 nitrogen and oxygen atoms in total. The van der Waals surface area contributed by atoms with Crippen molar-refractivity contribution in [2.24, 2.45) is 5.92 Å². The van der Waals surface area contributed by atoms with E-state index in [0.29, 0.717) is 19.5 Å². The molecule has 0 atom stereocenters. The molecule has 152 valence electrons. The van der Waals surface area contributed by atoms with Crippen LogP contribution in [0.15, 0.2) is 30.6 Å². The molecule has 29 heavy (non-hydrogen) atoms. The molecule has 1 N–H and O–H groups in total. The Morgan fingerprint density at radius 3 is 2.72 bits per heavy atom. The van der Waals surface area contributed by atoms with Crippen molar-refractivity contribution in [2.45, 2.75) is 51.0 Å². The molecule has 1 aliphatic carbocycles. The molecular weight excluding hydrogens is 364 g/mol. The third kappa shape index (κ3) is 3.24. The highest BCUT2D eigenvalue weighted by atomic mass is 16.2. The average molecular weight is 393 g/mol. The number of fused-ring (bicyclic) bond motifs is 2. The summed E-state index contributed by atoms with van der Waals surface area (Å²) in [5.74, 6) is 0.662. The maximum Gasteiger partial charge on any atom is 0.226 e. The smallest absolute Gasteiger partial charge is 0.226 e. The minimum Gasteiger partial charge on any atom is -0.348 e. The molecule has 1 saturated heterocycles. The van der Waals surface area contributed by atoms with E-state index >= 15 is 0 Å². The van der Waals surface area contributed by atoms with Crippen molar-refractivity contribution in [3.63, 3.8) is 0 Å². The number of hydrogen-bond donors (Lipinski definition) is 1. The molecule has 3 heterocycles. The van der Waals surface area contributed by atoms with E-state index in [1.807, 2.05) is 17.0 Å². The van der Waals surface area contributed by atoms with Crippen LogP contribution in [0.1, 0.15) is 48.2 Å². The van der Waals surface area contributed by atoms with Crippen molar-refractivity contribution in [1.82, 2.24) is 19.8 Å². The molecule has 1 aromatic carbocycles. The molecular formula is C23H28N4O2. The van der Waals surface area contributed by atoms with Gasteiger partial charge in [0.2, 0.25) is 11.8 Å². The van der Waals surface area contributed by atoms with Gasteiger partial charge in [0.1, 0.15) is 0 Å². The van der Waals surface area contributed by atoms with Crippen molar-refractivity contribution in [1.29, 1.82) is 0 Å². The molecule has 1 aromatic heterocycles. The number of imidazole rings is 1. The number of aromatic nitrogens is 2. The topological polar surface area (TPSA) is 69.3 Å². The first-order valence-electron chi connectivity index (χ1n) is 10.7. The van der Waals surface area contributed by atoms with Gasteiger partial charge in [-0.3, -0.25) is 9.59 Å². The van der Waals surface area contributed by atoms with Crippen molar-refractivity contribution in [2.75, 3.05) is 19.6 Å². The largest absolute Gasteiger partial charge is 0.348 e. The van der Waals surface area contributed by atoms with E-state index < -0.39 is 0 Å².